The minimum atomic E-state index is -0.363. The number of hydrazine groups is 1. The van der Waals surface area contributed by atoms with Crippen LogP contribution in [0.5, 0.6) is 6.01 Å². The summed E-state index contributed by atoms with van der Waals surface area (Å²) in [5.74, 6) is 0.530. The highest BCUT2D eigenvalue weighted by molar-refractivity contribution is 5.55. The highest BCUT2D eigenvalue weighted by atomic mass is 16.3. The first-order chi connectivity index (χ1) is 9.20. The first kappa shape index (κ1) is 12.9. The molecule has 2 aromatic heterocycles. The van der Waals surface area contributed by atoms with E-state index < -0.39 is 0 Å². The largest absolute Gasteiger partial charge is 0.479 e. The van der Waals surface area contributed by atoms with Crippen LogP contribution in [0.2, 0.25) is 0 Å². The third kappa shape index (κ3) is 3.23. The summed E-state index contributed by atoms with van der Waals surface area (Å²) >= 11 is 0. The van der Waals surface area contributed by atoms with E-state index in [9.17, 15) is 5.11 Å². The zero-order valence-corrected chi connectivity index (χ0v) is 10.5. The van der Waals surface area contributed by atoms with Gasteiger partial charge in [0.2, 0.25) is 5.95 Å². The number of rotatable bonds is 5. The fourth-order valence-electron chi connectivity index (χ4n) is 1.45. The van der Waals surface area contributed by atoms with E-state index in [1.807, 2.05) is 19.1 Å². The predicted molar refractivity (Wildman–Crippen MR) is 71.3 cm³/mol. The van der Waals surface area contributed by atoms with Gasteiger partial charge in [-0.3, -0.25) is 10.4 Å². The Kier molecular flexibility index (Phi) is 3.99. The number of aromatic nitrogens is 4. The second kappa shape index (κ2) is 5.87. The maximum atomic E-state index is 9.52. The lowest BCUT2D eigenvalue weighted by atomic mass is 10.2. The normalized spacial score (nSPS) is 10.2. The van der Waals surface area contributed by atoms with Gasteiger partial charge in [-0.25, -0.2) is 5.43 Å². The van der Waals surface area contributed by atoms with E-state index in [1.165, 1.54) is 0 Å². The molecule has 0 spiro atoms. The van der Waals surface area contributed by atoms with Gasteiger partial charge in [-0.1, -0.05) is 12.1 Å². The molecule has 2 rings (SSSR count). The van der Waals surface area contributed by atoms with Crippen LogP contribution in [0.3, 0.4) is 0 Å². The van der Waals surface area contributed by atoms with E-state index in [1.54, 1.807) is 12.3 Å². The molecule has 0 atom stereocenters. The average Bonchev–Trinajstić information content (AvgIpc) is 2.39. The zero-order chi connectivity index (χ0) is 13.7. The van der Waals surface area contributed by atoms with E-state index >= 15 is 0 Å². The van der Waals surface area contributed by atoms with Crippen molar-refractivity contribution in [1.82, 2.24) is 25.4 Å². The number of pyridine rings is 1. The van der Waals surface area contributed by atoms with Crippen LogP contribution in [0.1, 0.15) is 5.56 Å². The van der Waals surface area contributed by atoms with Crippen molar-refractivity contribution >= 4 is 5.95 Å². The molecule has 0 fully saturated rings. The average molecular weight is 258 g/mol. The molecule has 0 saturated heterocycles. The topological polar surface area (TPSA) is 95.9 Å². The lowest BCUT2D eigenvalue weighted by molar-refractivity contribution is 0.429. The molecule has 2 heterocycles. The molecule has 7 heteroatoms. The molecule has 7 nitrogen and oxygen atoms in total. The summed E-state index contributed by atoms with van der Waals surface area (Å²) in [5, 5.41) is 9.52. The van der Waals surface area contributed by atoms with Gasteiger partial charge in [0.25, 0.3) is 0 Å². The SMILES string of the molecule is C=CCNNc1nc(O)nc(-c2ncccc2C)n1. The fraction of sp³-hybridized carbons (Fsp3) is 0.167. The van der Waals surface area contributed by atoms with Crippen LogP contribution in [-0.4, -0.2) is 31.6 Å². The first-order valence-corrected chi connectivity index (χ1v) is 5.67. The van der Waals surface area contributed by atoms with Crippen molar-refractivity contribution in [2.75, 3.05) is 12.0 Å². The van der Waals surface area contributed by atoms with Gasteiger partial charge in [0.15, 0.2) is 5.82 Å². The molecule has 19 heavy (non-hydrogen) atoms. The van der Waals surface area contributed by atoms with E-state index in [0.29, 0.717) is 18.1 Å². The summed E-state index contributed by atoms with van der Waals surface area (Å²) in [6.45, 7) is 6.00. The van der Waals surface area contributed by atoms with E-state index in [2.05, 4.69) is 37.4 Å². The molecule has 0 aliphatic heterocycles. The molecule has 0 unspecified atom stereocenters. The van der Waals surface area contributed by atoms with Crippen LogP contribution in [0.25, 0.3) is 11.5 Å². The minimum absolute atomic E-state index is 0.217. The monoisotopic (exact) mass is 258 g/mol. The lowest BCUT2D eigenvalue weighted by Crippen LogP contribution is -2.23. The van der Waals surface area contributed by atoms with Crippen LogP contribution in [0, 0.1) is 6.92 Å². The molecule has 0 amide bonds. The lowest BCUT2D eigenvalue weighted by Gasteiger charge is -2.07. The number of aryl methyl sites for hydroxylation is 1. The minimum Gasteiger partial charge on any atom is -0.479 e. The number of hydrogen-bond donors (Lipinski definition) is 3. The number of aromatic hydroxyl groups is 1. The number of hydrogen-bond acceptors (Lipinski definition) is 7. The van der Waals surface area contributed by atoms with Gasteiger partial charge < -0.3 is 5.11 Å². The Morgan fingerprint density at radius 2 is 2.21 bits per heavy atom. The molecule has 0 aliphatic carbocycles. The molecule has 3 N–H and O–H groups in total. The number of anilines is 1. The second-order valence-electron chi connectivity index (χ2n) is 3.75. The number of nitrogens with zero attached hydrogens (tertiary/aromatic N) is 4. The first-order valence-electron chi connectivity index (χ1n) is 5.67. The smallest absolute Gasteiger partial charge is 0.319 e. The van der Waals surface area contributed by atoms with E-state index in [0.717, 1.165) is 5.56 Å². The van der Waals surface area contributed by atoms with Gasteiger partial charge in [0, 0.05) is 12.7 Å². The van der Waals surface area contributed by atoms with Crippen molar-refractivity contribution in [3.05, 3.63) is 36.5 Å². The summed E-state index contributed by atoms with van der Waals surface area (Å²) in [5.41, 5.74) is 7.08. The van der Waals surface area contributed by atoms with Gasteiger partial charge in [0.1, 0.15) is 5.69 Å². The third-order valence-electron chi connectivity index (χ3n) is 2.29. The maximum absolute atomic E-state index is 9.52. The van der Waals surface area contributed by atoms with Crippen molar-refractivity contribution in [2.45, 2.75) is 6.92 Å². The van der Waals surface area contributed by atoms with E-state index in [-0.39, 0.29) is 12.0 Å². The van der Waals surface area contributed by atoms with Crippen LogP contribution >= 0.6 is 0 Å². The summed E-state index contributed by atoms with van der Waals surface area (Å²) in [6, 6.07) is 3.36. The Hall–Kier alpha value is -2.54. The van der Waals surface area contributed by atoms with Crippen molar-refractivity contribution in [3.8, 4) is 17.5 Å². The van der Waals surface area contributed by atoms with Gasteiger partial charge in [-0.15, -0.1) is 6.58 Å². The van der Waals surface area contributed by atoms with Crippen molar-refractivity contribution in [3.63, 3.8) is 0 Å². The highest BCUT2D eigenvalue weighted by Crippen LogP contribution is 2.18. The molecule has 0 aromatic carbocycles. The Balaban J connectivity index is 2.31. The Bertz CT molecular complexity index is 586. The zero-order valence-electron chi connectivity index (χ0n) is 10.5. The van der Waals surface area contributed by atoms with Gasteiger partial charge in [0.05, 0.1) is 0 Å². The molecule has 2 aromatic rings. The molecule has 0 radical (unpaired) electrons. The van der Waals surface area contributed by atoms with Gasteiger partial charge in [-0.05, 0) is 18.6 Å². The highest BCUT2D eigenvalue weighted by Gasteiger charge is 2.10. The van der Waals surface area contributed by atoms with Gasteiger partial charge >= 0.3 is 6.01 Å². The second-order valence-corrected chi connectivity index (χ2v) is 3.75. The van der Waals surface area contributed by atoms with Gasteiger partial charge in [-0.2, -0.15) is 15.0 Å². The molecule has 98 valence electrons. The van der Waals surface area contributed by atoms with Crippen molar-refractivity contribution in [2.24, 2.45) is 0 Å². The van der Waals surface area contributed by atoms with Crippen LogP contribution < -0.4 is 10.9 Å². The summed E-state index contributed by atoms with van der Waals surface area (Å²) in [7, 11) is 0. The molecule has 0 bridgehead atoms. The Morgan fingerprint density at radius 3 is 2.95 bits per heavy atom. The Labute approximate surface area is 110 Å². The maximum Gasteiger partial charge on any atom is 0.319 e. The van der Waals surface area contributed by atoms with E-state index in [4.69, 9.17) is 0 Å². The van der Waals surface area contributed by atoms with Crippen LogP contribution in [-0.2, 0) is 0 Å². The Morgan fingerprint density at radius 1 is 1.37 bits per heavy atom. The fourth-order valence-corrected chi connectivity index (χ4v) is 1.45. The standard InChI is InChI=1S/C12H14N6O/c1-3-6-14-18-11-15-10(16-12(19)17-11)9-8(2)5-4-7-13-9/h3-5,7,14H,1,6H2,2H3,(H2,15,16,17,18,19). The quantitative estimate of drug-likeness (QED) is 0.419. The summed E-state index contributed by atoms with van der Waals surface area (Å²) in [6.07, 6.45) is 3.32. The summed E-state index contributed by atoms with van der Waals surface area (Å²) in [4.78, 5) is 16.0. The molecular weight excluding hydrogens is 244 g/mol. The number of nitrogens with one attached hydrogen (secondary N) is 2. The van der Waals surface area contributed by atoms with Crippen LogP contribution in [0.4, 0.5) is 5.95 Å². The van der Waals surface area contributed by atoms with Crippen molar-refractivity contribution in [1.29, 1.82) is 0 Å². The molecular formula is C12H14N6O. The van der Waals surface area contributed by atoms with Crippen molar-refractivity contribution < 1.29 is 5.11 Å². The molecule has 0 saturated carbocycles. The molecule has 0 aliphatic rings. The van der Waals surface area contributed by atoms with Crippen LogP contribution in [0.15, 0.2) is 31.0 Å². The third-order valence-corrected chi connectivity index (χ3v) is 2.29. The predicted octanol–water partition coefficient (Wildman–Crippen LogP) is 1.05. The summed E-state index contributed by atoms with van der Waals surface area (Å²) < 4.78 is 0.